The Bertz CT molecular complexity index is 783. The Morgan fingerprint density at radius 3 is 2.20 bits per heavy atom. The van der Waals surface area contributed by atoms with Gasteiger partial charge in [-0.1, -0.05) is 14.0 Å². The van der Waals surface area contributed by atoms with Crippen LogP contribution in [0.4, 0.5) is 0 Å². The smallest absolute Gasteiger partial charge is 0.394 e. The number of aliphatic hydroxyl groups excluding tert-OH is 4. The van der Waals surface area contributed by atoms with E-state index in [4.69, 9.17) is 4.74 Å². The summed E-state index contributed by atoms with van der Waals surface area (Å²) in [7, 11) is -5.24. The molecule has 3 saturated heterocycles. The fourth-order valence-corrected chi connectivity index (χ4v) is 3.64. The topological polar surface area (TPSA) is 254 Å². The molecule has 0 aromatic heterocycles. The molecule has 0 aliphatic carbocycles. The molecule has 0 spiro atoms. The van der Waals surface area contributed by atoms with Crippen molar-refractivity contribution >= 4 is 25.7 Å². The van der Waals surface area contributed by atoms with Crippen molar-refractivity contribution in [1.29, 1.82) is 0 Å². The molecule has 0 saturated carbocycles. The maximum absolute atomic E-state index is 12.6. The molecule has 18 heteroatoms. The molecule has 8 atom stereocenters. The minimum Gasteiger partial charge on any atom is -0.394 e. The molecule has 0 aromatic carbocycles. The molecule has 0 aromatic rings. The van der Waals surface area contributed by atoms with E-state index in [1.54, 1.807) is 0 Å². The average molecular weight is 462 g/mol. The number of rotatable bonds is 2. The van der Waals surface area contributed by atoms with Crippen LogP contribution in [0.15, 0.2) is 0 Å². The van der Waals surface area contributed by atoms with Crippen LogP contribution in [0.3, 0.4) is 0 Å². The highest BCUT2D eigenvalue weighted by molar-refractivity contribution is 7.48. The highest BCUT2D eigenvalue weighted by atomic mass is 31.2. The van der Waals surface area contributed by atoms with Gasteiger partial charge in [0, 0.05) is 0 Å². The third-order valence-electron chi connectivity index (χ3n) is 4.53. The monoisotopic (exact) mass is 462 g/mol. The molecule has 3 rings (SSSR count). The van der Waals surface area contributed by atoms with Gasteiger partial charge < -0.3 is 35.4 Å². The van der Waals surface area contributed by atoms with Gasteiger partial charge in [0.25, 0.3) is 0 Å². The van der Waals surface area contributed by atoms with E-state index >= 15 is 0 Å². The molecule has 0 amide bonds. The molecule has 30 heavy (non-hydrogen) atoms. The Labute approximate surface area is 164 Å². The summed E-state index contributed by atoms with van der Waals surface area (Å²) in [4.78, 5) is 49.0. The second-order valence-corrected chi connectivity index (χ2v) is 7.79. The number of hydrogen-bond acceptors (Lipinski definition) is 17. The zero-order chi connectivity index (χ0) is 22.5. The maximum Gasteiger partial charge on any atom is 0.584 e. The highest BCUT2D eigenvalue weighted by Gasteiger charge is 2.70. The largest absolute Gasteiger partial charge is 0.584 e. The van der Waals surface area contributed by atoms with Gasteiger partial charge in [-0.15, -0.1) is 0 Å². The van der Waals surface area contributed by atoms with Crippen molar-refractivity contribution in [2.75, 3.05) is 6.61 Å². The second-order valence-electron chi connectivity index (χ2n) is 6.45. The Morgan fingerprint density at radius 2 is 1.57 bits per heavy atom. The number of carbonyl (C=O) groups excluding carboxylic acids is 3. The second kappa shape index (κ2) is 7.74. The zero-order valence-corrected chi connectivity index (χ0v) is 15.3. The van der Waals surface area contributed by atoms with Crippen LogP contribution in [0, 0.1) is 5.92 Å². The molecule has 3 aliphatic rings. The number of carbonyl (C=O) groups is 3. The van der Waals surface area contributed by atoms with E-state index in [9.17, 15) is 49.6 Å². The standard InChI is InChI=1S/C12H15O17P/c13-2-3-5(15)6(16)8(17)12(21,23-3)7-9(18)25-28-30(22)27-24-4(14)1-11(7,20)10(19)26-29-30/h3,5-8,13,15-17,20-21H,1-2H2/t3-,5-,6+,7?,8-,11?,12+,30?/m1/s1. The summed E-state index contributed by atoms with van der Waals surface area (Å²) in [6.45, 7) is -1.09. The van der Waals surface area contributed by atoms with E-state index in [1.165, 1.54) is 0 Å². The summed E-state index contributed by atoms with van der Waals surface area (Å²) in [6, 6.07) is 0. The SMILES string of the molecule is O=C1CC2(O)C(=O)OOP(=O)(OO1)OOC(=O)C2[C@]1(O)O[C@H](CO)[C@@H](O)[C@H](O)[C@H]1O. The number of ether oxygens (including phenoxy) is 1. The van der Waals surface area contributed by atoms with Gasteiger partial charge in [0.2, 0.25) is 5.79 Å². The highest BCUT2D eigenvalue weighted by Crippen LogP contribution is 2.53. The first-order valence-corrected chi connectivity index (χ1v) is 9.41. The molecule has 3 aliphatic heterocycles. The van der Waals surface area contributed by atoms with Crippen molar-refractivity contribution in [2.45, 2.75) is 42.2 Å². The van der Waals surface area contributed by atoms with E-state index in [0.717, 1.165) is 0 Å². The van der Waals surface area contributed by atoms with Crippen LogP contribution in [-0.2, 0) is 52.4 Å². The fraction of sp³-hybridized carbons (Fsp3) is 0.750. The quantitative estimate of drug-likeness (QED) is 0.167. The van der Waals surface area contributed by atoms with Crippen molar-refractivity contribution in [2.24, 2.45) is 5.92 Å². The Balaban J connectivity index is 2.17. The Morgan fingerprint density at radius 1 is 0.967 bits per heavy atom. The molecule has 2 bridgehead atoms. The predicted molar refractivity (Wildman–Crippen MR) is 77.1 cm³/mol. The van der Waals surface area contributed by atoms with E-state index in [-0.39, 0.29) is 0 Å². The fourth-order valence-electron chi connectivity index (χ4n) is 3.07. The molecule has 17 nitrogen and oxygen atoms in total. The summed E-state index contributed by atoms with van der Waals surface area (Å²) < 4.78 is 28.9. The number of aliphatic hydroxyl groups is 6. The average Bonchev–Trinajstić information content (AvgIpc) is 2.75. The molecule has 3 unspecified atom stereocenters. The van der Waals surface area contributed by atoms with Gasteiger partial charge in [0.15, 0.2) is 11.5 Å². The normalized spacial score (nSPS) is 47.7. The van der Waals surface area contributed by atoms with Crippen molar-refractivity contribution in [3.63, 3.8) is 0 Å². The molecule has 3 fully saturated rings. The molecule has 0 radical (unpaired) electrons. The van der Waals surface area contributed by atoms with Crippen molar-refractivity contribution in [3.05, 3.63) is 0 Å². The predicted octanol–water partition coefficient (Wildman–Crippen LogP) is -4.55. The van der Waals surface area contributed by atoms with Crippen LogP contribution >= 0.6 is 7.82 Å². The van der Waals surface area contributed by atoms with Gasteiger partial charge >= 0.3 is 25.7 Å². The van der Waals surface area contributed by atoms with Crippen molar-refractivity contribution in [1.82, 2.24) is 0 Å². The van der Waals surface area contributed by atoms with Crippen LogP contribution in [0.5, 0.6) is 0 Å². The molecular formula is C12H15O17P. The molecular weight excluding hydrogens is 447 g/mol. The third kappa shape index (κ3) is 3.59. The van der Waals surface area contributed by atoms with Crippen LogP contribution in [-0.4, -0.2) is 91.0 Å². The van der Waals surface area contributed by atoms with Crippen LogP contribution in [0.25, 0.3) is 0 Å². The van der Waals surface area contributed by atoms with E-state index in [2.05, 4.69) is 28.7 Å². The minimum absolute atomic E-state index is 1.09. The molecule has 6 N–H and O–H groups in total. The van der Waals surface area contributed by atoms with E-state index < -0.39 is 80.5 Å². The molecule has 170 valence electrons. The van der Waals surface area contributed by atoms with Gasteiger partial charge in [-0.3, -0.25) is 14.7 Å². The van der Waals surface area contributed by atoms with Crippen LogP contribution < -0.4 is 0 Å². The lowest BCUT2D eigenvalue weighted by Gasteiger charge is -2.49. The number of phosphoric acid groups is 1. The summed E-state index contributed by atoms with van der Waals surface area (Å²) in [5.74, 6) is -12.2. The van der Waals surface area contributed by atoms with Gasteiger partial charge in [0.05, 0.1) is 13.0 Å². The van der Waals surface area contributed by atoms with E-state index in [1.807, 2.05) is 0 Å². The first-order valence-electron chi connectivity index (χ1n) is 7.95. The van der Waals surface area contributed by atoms with Crippen molar-refractivity contribution < 1.29 is 83.0 Å². The third-order valence-corrected chi connectivity index (χ3v) is 5.30. The first-order chi connectivity index (χ1) is 13.9. The van der Waals surface area contributed by atoms with Crippen LogP contribution in [0.1, 0.15) is 6.42 Å². The Kier molecular flexibility index (Phi) is 5.91. The van der Waals surface area contributed by atoms with Gasteiger partial charge in [-0.2, -0.15) is 0 Å². The molecule has 3 heterocycles. The zero-order valence-electron chi connectivity index (χ0n) is 14.4. The maximum atomic E-state index is 12.6. The van der Waals surface area contributed by atoms with Crippen molar-refractivity contribution in [3.8, 4) is 0 Å². The summed E-state index contributed by atoms with van der Waals surface area (Å²) in [5.41, 5.74) is -3.54. The van der Waals surface area contributed by atoms with Gasteiger partial charge in [-0.05, 0) is 0 Å². The van der Waals surface area contributed by atoms with Crippen LogP contribution in [0.2, 0.25) is 0 Å². The lowest BCUT2D eigenvalue weighted by molar-refractivity contribution is -0.381. The van der Waals surface area contributed by atoms with Gasteiger partial charge in [-0.25, -0.2) is 18.9 Å². The number of fused-ring (bicyclic) bond motifs is 4. The lowest BCUT2D eigenvalue weighted by atomic mass is 9.73. The van der Waals surface area contributed by atoms with Gasteiger partial charge in [0.1, 0.15) is 24.4 Å². The summed E-state index contributed by atoms with van der Waals surface area (Å²) >= 11 is 0. The summed E-state index contributed by atoms with van der Waals surface area (Å²) in [5, 5.41) is 61.0. The number of hydrogen-bond donors (Lipinski definition) is 6. The summed E-state index contributed by atoms with van der Waals surface area (Å²) in [6.07, 6.45) is -10.4. The Hall–Kier alpha value is -1.76. The lowest BCUT2D eigenvalue weighted by Crippen LogP contribution is -2.73. The minimum atomic E-state index is -5.24. The van der Waals surface area contributed by atoms with E-state index in [0.29, 0.717) is 0 Å². The first kappa shape index (κ1) is 22.9.